The van der Waals surface area contributed by atoms with Gasteiger partial charge in [0.1, 0.15) is 10.7 Å². The van der Waals surface area contributed by atoms with Crippen molar-refractivity contribution in [2.24, 2.45) is 0 Å². The summed E-state index contributed by atoms with van der Waals surface area (Å²) < 4.78 is 23.2. The zero-order valence-electron chi connectivity index (χ0n) is 11.2. The monoisotopic (exact) mass is 288 g/mol. The van der Waals surface area contributed by atoms with E-state index < -0.39 is 9.84 Å². The highest BCUT2D eigenvalue weighted by molar-refractivity contribution is 7.90. The summed E-state index contributed by atoms with van der Waals surface area (Å²) in [5.41, 5.74) is 1.10. The minimum absolute atomic E-state index is 0.216. The first-order chi connectivity index (χ1) is 9.57. The van der Waals surface area contributed by atoms with Crippen LogP contribution in [0.25, 0.3) is 6.08 Å². The van der Waals surface area contributed by atoms with Gasteiger partial charge in [-0.25, -0.2) is 13.4 Å². The fraction of sp³-hybridized carbons (Fsp3) is 0.133. The van der Waals surface area contributed by atoms with Gasteiger partial charge in [0.15, 0.2) is 9.84 Å². The van der Waals surface area contributed by atoms with Gasteiger partial charge >= 0.3 is 0 Å². The van der Waals surface area contributed by atoms with Crippen LogP contribution in [0, 0.1) is 0 Å². The molecule has 0 spiro atoms. The van der Waals surface area contributed by atoms with Crippen molar-refractivity contribution < 1.29 is 8.42 Å². The summed E-state index contributed by atoms with van der Waals surface area (Å²) in [5.74, 6) is 0.382. The Balaban J connectivity index is 2.04. The van der Waals surface area contributed by atoms with Crippen molar-refractivity contribution in [3.63, 3.8) is 0 Å². The Morgan fingerprint density at radius 1 is 1.15 bits per heavy atom. The number of sulfone groups is 1. The van der Waals surface area contributed by atoms with Gasteiger partial charge in [-0.1, -0.05) is 42.5 Å². The van der Waals surface area contributed by atoms with Crippen molar-refractivity contribution in [1.82, 2.24) is 4.98 Å². The minimum Gasteiger partial charge on any atom is -0.366 e. The maximum Gasteiger partial charge on any atom is 0.179 e. The smallest absolute Gasteiger partial charge is 0.179 e. The molecule has 1 N–H and O–H groups in total. The van der Waals surface area contributed by atoms with Crippen LogP contribution in [-0.4, -0.2) is 26.2 Å². The van der Waals surface area contributed by atoms with Crippen LogP contribution in [-0.2, 0) is 9.84 Å². The summed E-state index contributed by atoms with van der Waals surface area (Å²) in [5, 5.41) is 3.01. The predicted molar refractivity (Wildman–Crippen MR) is 81.3 cm³/mol. The number of anilines is 1. The maximum atomic E-state index is 11.6. The molecule has 1 aromatic carbocycles. The van der Waals surface area contributed by atoms with Crippen molar-refractivity contribution in [1.29, 1.82) is 0 Å². The second-order valence-corrected chi connectivity index (χ2v) is 6.30. The van der Waals surface area contributed by atoms with E-state index in [4.69, 9.17) is 0 Å². The highest BCUT2D eigenvalue weighted by Crippen LogP contribution is 2.17. The lowest BCUT2D eigenvalue weighted by Crippen LogP contribution is -2.07. The molecule has 5 heteroatoms. The molecular weight excluding hydrogens is 272 g/mol. The molecule has 0 saturated heterocycles. The third-order valence-corrected chi connectivity index (χ3v) is 3.80. The highest BCUT2D eigenvalue weighted by Gasteiger charge is 2.12. The van der Waals surface area contributed by atoms with Crippen molar-refractivity contribution in [3.05, 3.63) is 60.3 Å². The standard InChI is InChI=1S/C15H16N2O2S/c1-20(18,19)14-10-6-12-17-15(14)16-11-5-9-13-7-3-2-4-8-13/h2-10,12H,11H2,1H3,(H,16,17)/b9-5+. The molecule has 104 valence electrons. The normalized spacial score (nSPS) is 11.7. The topological polar surface area (TPSA) is 59.1 Å². The van der Waals surface area contributed by atoms with Crippen LogP contribution in [0.5, 0.6) is 0 Å². The van der Waals surface area contributed by atoms with Gasteiger partial charge in [0, 0.05) is 19.0 Å². The molecule has 0 unspecified atom stereocenters. The number of aromatic nitrogens is 1. The molecular formula is C15H16N2O2S. The summed E-state index contributed by atoms with van der Waals surface area (Å²) in [6, 6.07) is 13.1. The van der Waals surface area contributed by atoms with Crippen LogP contribution < -0.4 is 5.32 Å². The number of rotatable bonds is 5. The molecule has 20 heavy (non-hydrogen) atoms. The average molecular weight is 288 g/mol. The summed E-state index contributed by atoms with van der Waals surface area (Å²) in [7, 11) is -3.27. The van der Waals surface area contributed by atoms with E-state index in [2.05, 4.69) is 10.3 Å². The van der Waals surface area contributed by atoms with Gasteiger partial charge in [0.25, 0.3) is 0 Å². The van der Waals surface area contributed by atoms with Crippen LogP contribution in [0.4, 0.5) is 5.82 Å². The summed E-state index contributed by atoms with van der Waals surface area (Å²) in [6.45, 7) is 0.508. The van der Waals surface area contributed by atoms with E-state index in [1.54, 1.807) is 18.3 Å². The predicted octanol–water partition coefficient (Wildman–Crippen LogP) is 2.61. The maximum absolute atomic E-state index is 11.6. The zero-order valence-corrected chi connectivity index (χ0v) is 12.0. The molecule has 1 aromatic heterocycles. The number of benzene rings is 1. The van der Waals surface area contributed by atoms with E-state index in [1.807, 2.05) is 42.5 Å². The van der Waals surface area contributed by atoms with E-state index in [0.29, 0.717) is 12.4 Å². The third kappa shape index (κ3) is 3.93. The number of nitrogens with one attached hydrogen (secondary N) is 1. The van der Waals surface area contributed by atoms with Crippen LogP contribution in [0.3, 0.4) is 0 Å². The molecule has 0 atom stereocenters. The lowest BCUT2D eigenvalue weighted by molar-refractivity contribution is 0.602. The lowest BCUT2D eigenvalue weighted by Gasteiger charge is -2.07. The molecule has 0 fully saturated rings. The van der Waals surface area contributed by atoms with Crippen molar-refractivity contribution in [2.75, 3.05) is 18.1 Å². The molecule has 1 heterocycles. The fourth-order valence-electron chi connectivity index (χ4n) is 1.74. The molecule has 0 aliphatic carbocycles. The summed E-state index contributed by atoms with van der Waals surface area (Å²) >= 11 is 0. The van der Waals surface area contributed by atoms with Crippen molar-refractivity contribution in [2.45, 2.75) is 4.90 Å². The molecule has 0 radical (unpaired) electrons. The average Bonchev–Trinajstić information content (AvgIpc) is 2.44. The molecule has 0 aliphatic rings. The van der Waals surface area contributed by atoms with Crippen LogP contribution in [0.2, 0.25) is 0 Å². The van der Waals surface area contributed by atoms with Gasteiger partial charge in [-0.2, -0.15) is 0 Å². The Morgan fingerprint density at radius 2 is 1.90 bits per heavy atom. The van der Waals surface area contributed by atoms with Crippen molar-refractivity contribution in [3.8, 4) is 0 Å². The zero-order chi connectivity index (χ0) is 14.4. The number of pyridine rings is 1. The molecule has 4 nitrogen and oxygen atoms in total. The Bertz CT molecular complexity index is 695. The largest absolute Gasteiger partial charge is 0.366 e. The molecule has 0 bridgehead atoms. The minimum atomic E-state index is -3.27. The fourth-order valence-corrected chi connectivity index (χ4v) is 2.54. The van der Waals surface area contributed by atoms with Gasteiger partial charge in [0.05, 0.1) is 0 Å². The van der Waals surface area contributed by atoms with Crippen LogP contribution >= 0.6 is 0 Å². The van der Waals surface area contributed by atoms with Crippen LogP contribution in [0.15, 0.2) is 59.6 Å². The molecule has 2 aromatic rings. The summed E-state index contributed by atoms with van der Waals surface area (Å²) in [6.07, 6.45) is 6.64. The molecule has 0 saturated carbocycles. The van der Waals surface area contributed by atoms with E-state index in [9.17, 15) is 8.42 Å². The first-order valence-electron chi connectivity index (χ1n) is 6.18. The van der Waals surface area contributed by atoms with Gasteiger partial charge in [0.2, 0.25) is 0 Å². The highest BCUT2D eigenvalue weighted by atomic mass is 32.2. The van der Waals surface area contributed by atoms with E-state index in [1.165, 1.54) is 6.26 Å². The number of nitrogens with zero attached hydrogens (tertiary/aromatic N) is 1. The Morgan fingerprint density at radius 3 is 2.60 bits per heavy atom. The quantitative estimate of drug-likeness (QED) is 0.918. The summed E-state index contributed by atoms with van der Waals surface area (Å²) in [4.78, 5) is 4.28. The Kier molecular flexibility index (Phi) is 4.53. The van der Waals surface area contributed by atoms with E-state index >= 15 is 0 Å². The van der Waals surface area contributed by atoms with E-state index in [0.717, 1.165) is 5.56 Å². The van der Waals surface area contributed by atoms with Crippen molar-refractivity contribution >= 4 is 21.7 Å². The molecule has 2 rings (SSSR count). The second-order valence-electron chi connectivity index (χ2n) is 4.32. The van der Waals surface area contributed by atoms with Gasteiger partial charge in [-0.15, -0.1) is 0 Å². The number of hydrogen-bond acceptors (Lipinski definition) is 4. The lowest BCUT2D eigenvalue weighted by atomic mass is 10.2. The van der Waals surface area contributed by atoms with Gasteiger partial charge in [-0.3, -0.25) is 0 Å². The Labute approximate surface area is 119 Å². The second kappa shape index (κ2) is 6.34. The van der Waals surface area contributed by atoms with Gasteiger partial charge < -0.3 is 5.32 Å². The molecule has 0 aliphatic heterocycles. The number of hydrogen-bond donors (Lipinski definition) is 1. The van der Waals surface area contributed by atoms with Crippen LogP contribution in [0.1, 0.15) is 5.56 Å². The van der Waals surface area contributed by atoms with E-state index in [-0.39, 0.29) is 4.90 Å². The first-order valence-corrected chi connectivity index (χ1v) is 8.07. The third-order valence-electron chi connectivity index (χ3n) is 2.67. The van der Waals surface area contributed by atoms with Gasteiger partial charge in [-0.05, 0) is 17.7 Å². The SMILES string of the molecule is CS(=O)(=O)c1cccnc1NC/C=C/c1ccccc1. The molecule has 0 amide bonds. The Hall–Kier alpha value is -2.14. The first kappa shape index (κ1) is 14.3.